The molecule has 2 heterocycles. The third kappa shape index (κ3) is 1.67. The van der Waals surface area contributed by atoms with E-state index < -0.39 is 5.97 Å². The molecule has 17 heavy (non-hydrogen) atoms. The highest BCUT2D eigenvalue weighted by molar-refractivity contribution is 9.10. The van der Waals surface area contributed by atoms with Gasteiger partial charge in [0.15, 0.2) is 0 Å². The first kappa shape index (κ1) is 10.8. The summed E-state index contributed by atoms with van der Waals surface area (Å²) in [6.45, 7) is 0.790. The van der Waals surface area contributed by atoms with Crippen LogP contribution in [0.1, 0.15) is 12.1 Å². The summed E-state index contributed by atoms with van der Waals surface area (Å²) in [6.07, 6.45) is 1.35. The molecule has 2 aromatic rings. The molecule has 1 aromatic heterocycles. The molecule has 1 aromatic carbocycles. The van der Waals surface area contributed by atoms with E-state index in [1.165, 1.54) is 10.9 Å². The van der Waals surface area contributed by atoms with E-state index in [9.17, 15) is 4.79 Å². The molecule has 0 saturated carbocycles. The van der Waals surface area contributed by atoms with Gasteiger partial charge < -0.3 is 9.67 Å². The molecule has 0 radical (unpaired) electrons. The molecule has 1 unspecified atom stereocenters. The summed E-state index contributed by atoms with van der Waals surface area (Å²) in [5, 5.41) is 10.3. The number of carboxylic acids is 1. The van der Waals surface area contributed by atoms with E-state index in [0.29, 0.717) is 12.8 Å². The first-order valence-corrected chi connectivity index (χ1v) is 6.45. The van der Waals surface area contributed by atoms with Crippen molar-refractivity contribution in [3.63, 3.8) is 0 Å². The van der Waals surface area contributed by atoms with Gasteiger partial charge in [0.05, 0.1) is 11.4 Å². The van der Waals surface area contributed by atoms with Crippen molar-refractivity contribution in [3.8, 4) is 0 Å². The second kappa shape index (κ2) is 3.88. The van der Waals surface area contributed by atoms with E-state index in [2.05, 4.69) is 32.6 Å². The fourth-order valence-corrected chi connectivity index (χ4v) is 3.20. The summed E-state index contributed by atoms with van der Waals surface area (Å²) in [5.41, 5.74) is 2.32. The number of fused-ring (bicyclic) bond motifs is 3. The number of nitrogens with zero attached hydrogens (tertiary/aromatic N) is 1. The lowest BCUT2D eigenvalue weighted by atomic mass is 9.96. The number of halogens is 1. The van der Waals surface area contributed by atoms with E-state index in [1.54, 1.807) is 0 Å². The Kier molecular flexibility index (Phi) is 2.47. The highest BCUT2D eigenvalue weighted by Gasteiger charge is 2.25. The molecule has 0 spiro atoms. The van der Waals surface area contributed by atoms with Crippen molar-refractivity contribution >= 4 is 32.8 Å². The van der Waals surface area contributed by atoms with Crippen molar-refractivity contribution in [2.24, 2.45) is 5.92 Å². The van der Waals surface area contributed by atoms with Gasteiger partial charge in [-0.05, 0) is 34.5 Å². The fourth-order valence-electron chi connectivity index (χ4n) is 2.61. The molecule has 0 amide bonds. The molecule has 3 rings (SSSR count). The summed E-state index contributed by atoms with van der Waals surface area (Å²) < 4.78 is 3.31. The van der Waals surface area contributed by atoms with E-state index in [1.807, 2.05) is 12.1 Å². The van der Waals surface area contributed by atoms with Crippen LogP contribution in [-0.2, 0) is 17.8 Å². The van der Waals surface area contributed by atoms with Crippen LogP contribution in [0.2, 0.25) is 0 Å². The van der Waals surface area contributed by atoms with Gasteiger partial charge in [-0.25, -0.2) is 0 Å². The average molecular weight is 294 g/mol. The van der Waals surface area contributed by atoms with Gasteiger partial charge in [0.2, 0.25) is 0 Å². The Morgan fingerprint density at radius 2 is 2.29 bits per heavy atom. The van der Waals surface area contributed by atoms with Crippen LogP contribution in [0.5, 0.6) is 0 Å². The third-order valence-corrected chi connectivity index (χ3v) is 4.10. The highest BCUT2D eigenvalue weighted by atomic mass is 79.9. The van der Waals surface area contributed by atoms with Gasteiger partial charge in [0.1, 0.15) is 0 Å². The summed E-state index contributed by atoms with van der Waals surface area (Å²) in [5.74, 6) is -0.911. The largest absolute Gasteiger partial charge is 0.481 e. The number of carboxylic acid groups (broad SMARTS) is 1. The standard InChI is InChI=1S/C13H12BrNO2/c14-11-3-1-2-8-6-10-7-9(13(16)17)4-5-15(10)12(8)11/h1-3,6,9H,4-5,7H2,(H,16,17). The Labute approximate surface area is 107 Å². The Balaban J connectivity index is 2.14. The number of para-hydroxylation sites is 1. The van der Waals surface area contributed by atoms with Crippen LogP contribution in [0.25, 0.3) is 10.9 Å². The number of aliphatic carboxylic acids is 1. The molecule has 3 nitrogen and oxygen atoms in total. The number of hydrogen-bond donors (Lipinski definition) is 1. The number of rotatable bonds is 1. The number of aromatic nitrogens is 1. The third-order valence-electron chi connectivity index (χ3n) is 3.46. The van der Waals surface area contributed by atoms with Crippen LogP contribution in [-0.4, -0.2) is 15.6 Å². The maximum atomic E-state index is 11.0. The monoisotopic (exact) mass is 293 g/mol. The van der Waals surface area contributed by atoms with Crippen LogP contribution in [0.15, 0.2) is 28.7 Å². The maximum Gasteiger partial charge on any atom is 0.306 e. The minimum Gasteiger partial charge on any atom is -0.481 e. The highest BCUT2D eigenvalue weighted by Crippen LogP contribution is 2.32. The fraction of sp³-hybridized carbons (Fsp3) is 0.308. The first-order valence-electron chi connectivity index (χ1n) is 5.66. The van der Waals surface area contributed by atoms with Crippen LogP contribution >= 0.6 is 15.9 Å². The summed E-state index contributed by atoms with van der Waals surface area (Å²) in [4.78, 5) is 11.0. The molecule has 1 aliphatic heterocycles. The van der Waals surface area contributed by atoms with Gasteiger partial charge in [-0.2, -0.15) is 0 Å². The molecule has 1 atom stereocenters. The molecule has 0 bridgehead atoms. The number of aryl methyl sites for hydroxylation is 1. The Bertz CT molecular complexity index is 603. The topological polar surface area (TPSA) is 42.2 Å². The van der Waals surface area contributed by atoms with Crippen molar-refractivity contribution in [2.45, 2.75) is 19.4 Å². The smallest absolute Gasteiger partial charge is 0.306 e. The van der Waals surface area contributed by atoms with Crippen LogP contribution in [0, 0.1) is 5.92 Å². The van der Waals surface area contributed by atoms with E-state index in [4.69, 9.17) is 5.11 Å². The number of hydrogen-bond acceptors (Lipinski definition) is 1. The van der Waals surface area contributed by atoms with E-state index in [0.717, 1.165) is 16.7 Å². The van der Waals surface area contributed by atoms with Gasteiger partial charge >= 0.3 is 5.97 Å². The Hall–Kier alpha value is -1.29. The normalized spacial score (nSPS) is 19.2. The van der Waals surface area contributed by atoms with Crippen LogP contribution in [0.4, 0.5) is 0 Å². The van der Waals surface area contributed by atoms with Crippen molar-refractivity contribution in [1.82, 2.24) is 4.57 Å². The average Bonchev–Trinajstić information content (AvgIpc) is 2.67. The van der Waals surface area contributed by atoms with Gasteiger partial charge in [-0.3, -0.25) is 4.79 Å². The molecule has 0 aliphatic carbocycles. The molecule has 88 valence electrons. The van der Waals surface area contributed by atoms with Crippen molar-refractivity contribution in [1.29, 1.82) is 0 Å². The first-order chi connectivity index (χ1) is 8.16. The summed E-state index contributed by atoms with van der Waals surface area (Å²) in [7, 11) is 0. The zero-order chi connectivity index (χ0) is 12.0. The van der Waals surface area contributed by atoms with Crippen LogP contribution in [0.3, 0.4) is 0 Å². The molecule has 4 heteroatoms. The Morgan fingerprint density at radius 3 is 3.06 bits per heavy atom. The molecule has 0 saturated heterocycles. The lowest BCUT2D eigenvalue weighted by molar-refractivity contribution is -0.142. The second-order valence-corrected chi connectivity index (χ2v) is 5.35. The van der Waals surface area contributed by atoms with E-state index in [-0.39, 0.29) is 5.92 Å². The van der Waals surface area contributed by atoms with Gasteiger partial charge in [0.25, 0.3) is 0 Å². The lowest BCUT2D eigenvalue weighted by Crippen LogP contribution is -2.25. The molecular weight excluding hydrogens is 282 g/mol. The summed E-state index contributed by atoms with van der Waals surface area (Å²) >= 11 is 3.56. The molecular formula is C13H12BrNO2. The Morgan fingerprint density at radius 1 is 1.47 bits per heavy atom. The van der Waals surface area contributed by atoms with Gasteiger partial charge in [-0.1, -0.05) is 12.1 Å². The molecule has 1 aliphatic rings. The van der Waals surface area contributed by atoms with Crippen molar-refractivity contribution in [3.05, 3.63) is 34.4 Å². The SMILES string of the molecule is O=C(O)C1CCn2c(cc3cccc(Br)c32)C1. The van der Waals surface area contributed by atoms with Crippen LogP contribution < -0.4 is 0 Å². The minimum atomic E-state index is -0.680. The van der Waals surface area contributed by atoms with Crippen molar-refractivity contribution < 1.29 is 9.90 Å². The number of carbonyl (C=O) groups is 1. The minimum absolute atomic E-state index is 0.231. The zero-order valence-corrected chi connectivity index (χ0v) is 10.8. The maximum absolute atomic E-state index is 11.0. The summed E-state index contributed by atoms with van der Waals surface area (Å²) in [6, 6.07) is 8.21. The predicted molar refractivity (Wildman–Crippen MR) is 69.1 cm³/mol. The van der Waals surface area contributed by atoms with Gasteiger partial charge in [-0.15, -0.1) is 0 Å². The molecule has 1 N–H and O–H groups in total. The second-order valence-electron chi connectivity index (χ2n) is 4.49. The van der Waals surface area contributed by atoms with Gasteiger partial charge in [0, 0.05) is 28.5 Å². The number of benzene rings is 1. The van der Waals surface area contributed by atoms with Crippen molar-refractivity contribution in [2.75, 3.05) is 0 Å². The lowest BCUT2D eigenvalue weighted by Gasteiger charge is -2.22. The molecule has 0 fully saturated rings. The van der Waals surface area contributed by atoms with E-state index >= 15 is 0 Å². The zero-order valence-electron chi connectivity index (χ0n) is 9.19. The quantitative estimate of drug-likeness (QED) is 0.878. The predicted octanol–water partition coefficient (Wildman–Crippen LogP) is 3.05.